The van der Waals surface area contributed by atoms with E-state index in [0.29, 0.717) is 5.95 Å². The van der Waals surface area contributed by atoms with E-state index in [0.717, 1.165) is 61.9 Å². The van der Waals surface area contributed by atoms with Crippen molar-refractivity contribution < 1.29 is 4.74 Å². The van der Waals surface area contributed by atoms with E-state index in [4.69, 9.17) is 9.72 Å². The van der Waals surface area contributed by atoms with Gasteiger partial charge in [-0.3, -0.25) is 0 Å². The van der Waals surface area contributed by atoms with Crippen LogP contribution < -0.4 is 21.0 Å². The van der Waals surface area contributed by atoms with E-state index >= 15 is 0 Å². The van der Waals surface area contributed by atoms with E-state index in [1.54, 1.807) is 0 Å². The van der Waals surface area contributed by atoms with Gasteiger partial charge >= 0.3 is 0 Å². The molecule has 176 valence electrons. The van der Waals surface area contributed by atoms with Crippen molar-refractivity contribution in [1.82, 2.24) is 14.9 Å². The van der Waals surface area contributed by atoms with Crippen molar-refractivity contribution in [3.63, 3.8) is 0 Å². The summed E-state index contributed by atoms with van der Waals surface area (Å²) in [6, 6.07) is 17.1. The topological polar surface area (TPSA) is 65.5 Å². The van der Waals surface area contributed by atoms with Crippen LogP contribution in [-0.2, 0) is 11.2 Å². The van der Waals surface area contributed by atoms with Gasteiger partial charge in [-0.05, 0) is 79.8 Å². The van der Waals surface area contributed by atoms with Crippen LogP contribution in [0.15, 0.2) is 54.7 Å². The molecule has 5 rings (SSSR count). The Balaban J connectivity index is 1.19. The number of aromatic nitrogens is 2. The first-order valence-electron chi connectivity index (χ1n) is 12.3. The van der Waals surface area contributed by atoms with Crippen LogP contribution in [0.3, 0.4) is 0 Å². The van der Waals surface area contributed by atoms with Gasteiger partial charge < -0.3 is 25.2 Å². The number of hydrogen-bond acceptors (Lipinski definition) is 7. The predicted octanol–water partition coefficient (Wildman–Crippen LogP) is 2.70. The van der Waals surface area contributed by atoms with Crippen LogP contribution in [0.5, 0.6) is 0 Å². The standard InChI is InChI=1S/C26H33BN6O/c27-24-19-28-26(30-22-7-9-23(10-8-22)33-15-17-34-18-16-33)31-25(24)29-21-5-3-20(4-6-21)11-14-32-12-1-2-13-32/h3-10,19H,1-2,11-18,27H2,(H2,28,29,30,31). The van der Waals surface area contributed by atoms with Crippen LogP contribution in [0.2, 0.25) is 0 Å². The van der Waals surface area contributed by atoms with Crippen LogP contribution in [0.4, 0.5) is 28.8 Å². The van der Waals surface area contributed by atoms with Crippen molar-refractivity contribution >= 4 is 42.1 Å². The quantitative estimate of drug-likeness (QED) is 0.506. The lowest BCUT2D eigenvalue weighted by atomic mass is 9.99. The number of rotatable bonds is 8. The van der Waals surface area contributed by atoms with Gasteiger partial charge in [0.25, 0.3) is 0 Å². The monoisotopic (exact) mass is 456 g/mol. The van der Waals surface area contributed by atoms with Gasteiger partial charge in [-0.2, -0.15) is 4.98 Å². The third-order valence-corrected chi connectivity index (χ3v) is 6.60. The summed E-state index contributed by atoms with van der Waals surface area (Å²) < 4.78 is 5.44. The molecule has 0 unspecified atom stereocenters. The number of ether oxygens (including phenoxy) is 1. The van der Waals surface area contributed by atoms with Crippen LogP contribution in [0, 0.1) is 0 Å². The van der Waals surface area contributed by atoms with E-state index in [-0.39, 0.29) is 0 Å². The molecule has 2 aliphatic heterocycles. The maximum atomic E-state index is 5.44. The van der Waals surface area contributed by atoms with Gasteiger partial charge in [0.15, 0.2) is 0 Å². The minimum absolute atomic E-state index is 0.578. The Kier molecular flexibility index (Phi) is 7.26. The van der Waals surface area contributed by atoms with E-state index in [9.17, 15) is 0 Å². The molecule has 8 heteroatoms. The van der Waals surface area contributed by atoms with Gasteiger partial charge in [-0.25, -0.2) is 4.98 Å². The first kappa shape index (κ1) is 22.7. The van der Waals surface area contributed by atoms with E-state index in [2.05, 4.69) is 73.9 Å². The molecule has 0 radical (unpaired) electrons. The predicted molar refractivity (Wildman–Crippen MR) is 142 cm³/mol. The second-order valence-electron chi connectivity index (χ2n) is 9.12. The Morgan fingerprint density at radius 3 is 2.26 bits per heavy atom. The third-order valence-electron chi connectivity index (χ3n) is 6.60. The molecular weight excluding hydrogens is 423 g/mol. The highest BCUT2D eigenvalue weighted by atomic mass is 16.5. The molecule has 2 saturated heterocycles. The average Bonchev–Trinajstić information content (AvgIpc) is 3.40. The maximum absolute atomic E-state index is 5.44. The largest absolute Gasteiger partial charge is 0.378 e. The molecular formula is C26H33BN6O. The van der Waals surface area contributed by atoms with Crippen molar-refractivity contribution in [2.24, 2.45) is 0 Å². The minimum Gasteiger partial charge on any atom is -0.378 e. The molecule has 34 heavy (non-hydrogen) atoms. The van der Waals surface area contributed by atoms with Crippen molar-refractivity contribution in [3.05, 3.63) is 60.3 Å². The Labute approximate surface area is 203 Å². The fourth-order valence-corrected chi connectivity index (χ4v) is 4.52. The lowest BCUT2D eigenvalue weighted by molar-refractivity contribution is 0.122. The molecule has 2 aliphatic rings. The summed E-state index contributed by atoms with van der Waals surface area (Å²) in [5.74, 6) is 1.39. The molecule has 0 spiro atoms. The summed E-state index contributed by atoms with van der Waals surface area (Å²) in [7, 11) is 2.02. The Morgan fingerprint density at radius 1 is 0.853 bits per heavy atom. The number of benzene rings is 2. The van der Waals surface area contributed by atoms with Gasteiger partial charge in [-0.15, -0.1) is 0 Å². The summed E-state index contributed by atoms with van der Waals surface area (Å²) >= 11 is 0. The van der Waals surface area contributed by atoms with Gasteiger partial charge in [0.1, 0.15) is 13.7 Å². The number of nitrogens with one attached hydrogen (secondary N) is 2. The number of morpholine rings is 1. The fourth-order valence-electron chi connectivity index (χ4n) is 4.52. The summed E-state index contributed by atoms with van der Waals surface area (Å²) in [5.41, 5.74) is 5.60. The second-order valence-corrected chi connectivity index (χ2v) is 9.12. The molecule has 1 aromatic heterocycles. The molecule has 2 aromatic carbocycles. The molecule has 2 N–H and O–H groups in total. The Morgan fingerprint density at radius 2 is 1.53 bits per heavy atom. The average molecular weight is 456 g/mol. The number of anilines is 5. The number of hydrogen-bond donors (Lipinski definition) is 2. The van der Waals surface area contributed by atoms with Crippen LogP contribution in [-0.4, -0.2) is 68.7 Å². The highest BCUT2D eigenvalue weighted by Crippen LogP contribution is 2.22. The van der Waals surface area contributed by atoms with Crippen molar-refractivity contribution in [2.45, 2.75) is 19.3 Å². The third kappa shape index (κ3) is 5.87. The van der Waals surface area contributed by atoms with E-state index in [1.807, 2.05) is 14.0 Å². The highest BCUT2D eigenvalue weighted by molar-refractivity contribution is 6.35. The molecule has 3 aromatic rings. The molecule has 0 amide bonds. The van der Waals surface area contributed by atoms with Crippen LogP contribution >= 0.6 is 0 Å². The number of nitrogens with zero attached hydrogens (tertiary/aromatic N) is 4. The molecule has 0 bridgehead atoms. The summed E-state index contributed by atoms with van der Waals surface area (Å²) in [6.45, 7) is 7.09. The second kappa shape index (κ2) is 10.9. The van der Waals surface area contributed by atoms with Crippen molar-refractivity contribution in [3.8, 4) is 0 Å². The fraction of sp³-hybridized carbons (Fsp3) is 0.385. The molecule has 7 nitrogen and oxygen atoms in total. The Hall–Kier alpha value is -3.10. The Bertz CT molecular complexity index is 1060. The zero-order chi connectivity index (χ0) is 23.2. The zero-order valence-corrected chi connectivity index (χ0v) is 20.0. The first-order valence-corrected chi connectivity index (χ1v) is 12.3. The summed E-state index contributed by atoms with van der Waals surface area (Å²) in [5, 5.41) is 6.78. The van der Waals surface area contributed by atoms with Gasteiger partial charge in [0.05, 0.1) is 13.2 Å². The lowest BCUT2D eigenvalue weighted by Gasteiger charge is -2.28. The normalized spacial score (nSPS) is 16.5. The summed E-state index contributed by atoms with van der Waals surface area (Å²) in [6.07, 6.45) is 5.64. The van der Waals surface area contributed by atoms with E-state index in [1.165, 1.54) is 37.2 Å². The van der Waals surface area contributed by atoms with Gasteiger partial charge in [0, 0.05) is 42.9 Å². The van der Waals surface area contributed by atoms with Gasteiger partial charge in [0.2, 0.25) is 5.95 Å². The molecule has 3 heterocycles. The van der Waals surface area contributed by atoms with Crippen LogP contribution in [0.1, 0.15) is 18.4 Å². The van der Waals surface area contributed by atoms with Crippen LogP contribution in [0.25, 0.3) is 0 Å². The lowest BCUT2D eigenvalue weighted by Crippen LogP contribution is -2.36. The molecule has 2 fully saturated rings. The van der Waals surface area contributed by atoms with E-state index < -0.39 is 0 Å². The van der Waals surface area contributed by atoms with Gasteiger partial charge in [-0.1, -0.05) is 12.1 Å². The number of likely N-dealkylation sites (tertiary alicyclic amines) is 1. The molecule has 0 saturated carbocycles. The zero-order valence-electron chi connectivity index (χ0n) is 20.0. The van der Waals surface area contributed by atoms with Crippen molar-refractivity contribution in [2.75, 3.05) is 61.5 Å². The van der Waals surface area contributed by atoms with Crippen molar-refractivity contribution in [1.29, 1.82) is 0 Å². The smallest absolute Gasteiger partial charge is 0.229 e. The first-order chi connectivity index (χ1) is 16.7. The minimum atomic E-state index is 0.578. The molecule has 0 atom stereocenters. The molecule has 0 aliphatic carbocycles. The maximum Gasteiger partial charge on any atom is 0.229 e. The SMILES string of the molecule is Bc1cnc(Nc2ccc(N3CCOCC3)cc2)nc1Nc1ccc(CCN2CCCC2)cc1. The summed E-state index contributed by atoms with van der Waals surface area (Å²) in [4.78, 5) is 14.1. The highest BCUT2D eigenvalue weighted by Gasteiger charge is 2.12.